The lowest BCUT2D eigenvalue weighted by molar-refractivity contribution is 0.417. The first-order valence-corrected chi connectivity index (χ1v) is 8.72. The smallest absolute Gasteiger partial charge is 0.255 e. The molecule has 0 unspecified atom stereocenters. The zero-order chi connectivity index (χ0) is 17.3. The van der Waals surface area contributed by atoms with E-state index in [4.69, 9.17) is 13.0 Å². The molecule has 3 aromatic carbocycles. The van der Waals surface area contributed by atoms with Crippen molar-refractivity contribution in [3.8, 4) is 0 Å². The maximum atomic E-state index is 10.1. The highest BCUT2D eigenvalue weighted by Crippen LogP contribution is 2.33. The second kappa shape index (κ2) is 6.26. The molecule has 0 saturated carbocycles. The van der Waals surface area contributed by atoms with Crippen LogP contribution in [0.5, 0.6) is 0 Å². The van der Waals surface area contributed by atoms with Gasteiger partial charge in [0, 0.05) is 35.1 Å². The largest absolute Gasteiger partial charge is 0.722 e. The first-order valence-electron chi connectivity index (χ1n) is 7.41. The SMILES string of the molecule is Cc1ccc2ccc3c(c2c1)Cc1ccccc1[CH+]3.O=S(=O)([O-])F. The Morgan fingerprint density at radius 3 is 2.46 bits per heavy atom. The summed E-state index contributed by atoms with van der Waals surface area (Å²) in [6.07, 6.45) is 3.36. The Bertz CT molecular complexity index is 1000. The molecule has 1 aliphatic carbocycles. The van der Waals surface area contributed by atoms with Gasteiger partial charge in [0.05, 0.1) is 17.5 Å². The molecule has 0 bridgehead atoms. The van der Waals surface area contributed by atoms with Crippen molar-refractivity contribution in [2.45, 2.75) is 13.3 Å². The van der Waals surface area contributed by atoms with Crippen molar-refractivity contribution < 1.29 is 16.9 Å². The molecule has 0 atom stereocenters. The fourth-order valence-corrected chi connectivity index (χ4v) is 3.04. The molecule has 1 aliphatic rings. The molecule has 0 radical (unpaired) electrons. The van der Waals surface area contributed by atoms with Crippen molar-refractivity contribution in [2.75, 3.05) is 0 Å². The average Bonchev–Trinajstić information content (AvgIpc) is 2.51. The molecule has 0 spiro atoms. The highest BCUT2D eigenvalue weighted by atomic mass is 32.3. The molecule has 4 rings (SSSR count). The van der Waals surface area contributed by atoms with Crippen LogP contribution in [0, 0.1) is 13.3 Å². The monoisotopic (exact) mass is 342 g/mol. The van der Waals surface area contributed by atoms with Crippen LogP contribution in [0.15, 0.2) is 54.6 Å². The first kappa shape index (κ1) is 16.5. The fourth-order valence-electron chi connectivity index (χ4n) is 3.04. The van der Waals surface area contributed by atoms with Gasteiger partial charge in [0.25, 0.3) is 10.5 Å². The maximum Gasteiger partial charge on any atom is 0.255 e. The summed E-state index contributed by atoms with van der Waals surface area (Å²) in [5.41, 5.74) is 6.97. The summed E-state index contributed by atoms with van der Waals surface area (Å²) >= 11 is 0. The highest BCUT2D eigenvalue weighted by Gasteiger charge is 2.23. The van der Waals surface area contributed by atoms with Crippen LogP contribution < -0.4 is 0 Å². The van der Waals surface area contributed by atoms with Gasteiger partial charge in [-0.25, -0.2) is 8.42 Å². The fraction of sp³-hybridized carbons (Fsp3) is 0.105. The van der Waals surface area contributed by atoms with Crippen molar-refractivity contribution in [3.05, 3.63) is 88.8 Å². The second-order valence-corrected chi connectivity index (χ2v) is 6.56. The standard InChI is InChI=1S/C19H15.FHO3S/c1-13-6-7-14-8-9-17-11-15-4-2-3-5-16(15)12-19(17)18(14)10-13;1-5(2,3)4/h2-11H,12H2,1H3;(H,2,3,4)/q+1;/p-1. The van der Waals surface area contributed by atoms with Crippen molar-refractivity contribution in [3.63, 3.8) is 0 Å². The molecule has 0 aliphatic heterocycles. The molecule has 3 nitrogen and oxygen atoms in total. The van der Waals surface area contributed by atoms with E-state index in [0.717, 1.165) is 6.42 Å². The van der Waals surface area contributed by atoms with Gasteiger partial charge in [0.2, 0.25) is 0 Å². The van der Waals surface area contributed by atoms with Gasteiger partial charge in [-0.05, 0) is 48.2 Å². The number of halogens is 1. The molecule has 24 heavy (non-hydrogen) atoms. The van der Waals surface area contributed by atoms with Crippen LogP contribution >= 0.6 is 0 Å². The number of hydrogen-bond donors (Lipinski definition) is 0. The first-order chi connectivity index (χ1) is 11.3. The van der Waals surface area contributed by atoms with Crippen LogP contribution in [-0.2, 0) is 16.9 Å². The summed E-state index contributed by atoms with van der Waals surface area (Å²) in [4.78, 5) is 0. The Kier molecular flexibility index (Phi) is 4.30. The molecule has 0 fully saturated rings. The second-order valence-electron chi connectivity index (χ2n) is 5.77. The number of hydrogen-bond acceptors (Lipinski definition) is 3. The van der Waals surface area contributed by atoms with Crippen LogP contribution in [0.4, 0.5) is 3.89 Å². The highest BCUT2D eigenvalue weighted by molar-refractivity contribution is 7.80. The molecule has 5 heteroatoms. The Morgan fingerprint density at radius 2 is 1.71 bits per heavy atom. The van der Waals surface area contributed by atoms with Crippen molar-refractivity contribution in [2.24, 2.45) is 0 Å². The van der Waals surface area contributed by atoms with Crippen LogP contribution in [0.3, 0.4) is 0 Å². The van der Waals surface area contributed by atoms with E-state index >= 15 is 0 Å². The summed E-state index contributed by atoms with van der Waals surface area (Å²) in [5.74, 6) is 0. The van der Waals surface area contributed by atoms with E-state index in [1.54, 1.807) is 0 Å². The van der Waals surface area contributed by atoms with E-state index in [1.165, 1.54) is 38.6 Å². The van der Waals surface area contributed by atoms with Crippen molar-refractivity contribution >= 4 is 21.3 Å². The lowest BCUT2D eigenvalue weighted by atomic mass is 9.83. The third kappa shape index (κ3) is 3.75. The summed E-state index contributed by atoms with van der Waals surface area (Å²) in [6.45, 7) is 2.17. The molecule has 3 aromatic rings. The average molecular weight is 342 g/mol. The predicted octanol–water partition coefficient (Wildman–Crippen LogP) is 4.07. The number of benzene rings is 3. The van der Waals surface area contributed by atoms with Gasteiger partial charge in [-0.1, -0.05) is 12.1 Å². The number of rotatable bonds is 0. The molecule has 0 aromatic heterocycles. The molecule has 0 amide bonds. The Labute approximate surface area is 140 Å². The Morgan fingerprint density at radius 1 is 1.04 bits per heavy atom. The van der Waals surface area contributed by atoms with Gasteiger partial charge in [-0.2, -0.15) is 0 Å². The van der Waals surface area contributed by atoms with Crippen molar-refractivity contribution in [1.82, 2.24) is 0 Å². The Hall–Kier alpha value is -2.37. The van der Waals surface area contributed by atoms with E-state index in [2.05, 4.69) is 67.9 Å². The molecular formula is C19H15FO3S. The predicted molar refractivity (Wildman–Crippen MR) is 91.2 cm³/mol. The van der Waals surface area contributed by atoms with E-state index in [-0.39, 0.29) is 0 Å². The molecule has 0 saturated heterocycles. The van der Waals surface area contributed by atoms with Crippen LogP contribution in [0.1, 0.15) is 27.8 Å². The Balaban J connectivity index is 0.000000300. The number of aryl methyl sites for hydroxylation is 1. The van der Waals surface area contributed by atoms with E-state index in [1.807, 2.05) is 0 Å². The minimum atomic E-state index is -5.42. The van der Waals surface area contributed by atoms with E-state index in [9.17, 15) is 3.89 Å². The van der Waals surface area contributed by atoms with Crippen LogP contribution in [0.25, 0.3) is 10.8 Å². The zero-order valence-electron chi connectivity index (χ0n) is 13.0. The summed E-state index contributed by atoms with van der Waals surface area (Å²) in [6, 6.07) is 19.9. The van der Waals surface area contributed by atoms with Crippen LogP contribution in [-0.4, -0.2) is 13.0 Å². The molecule has 0 heterocycles. The third-order valence-electron chi connectivity index (χ3n) is 4.06. The maximum absolute atomic E-state index is 10.1. The van der Waals surface area contributed by atoms with E-state index < -0.39 is 10.5 Å². The van der Waals surface area contributed by atoms with E-state index in [0.29, 0.717) is 0 Å². The third-order valence-corrected chi connectivity index (χ3v) is 4.06. The number of fused-ring (bicyclic) bond motifs is 4. The molecule has 0 N–H and O–H groups in total. The van der Waals surface area contributed by atoms with Gasteiger partial charge in [0.15, 0.2) is 0 Å². The van der Waals surface area contributed by atoms with Gasteiger partial charge >= 0.3 is 0 Å². The topological polar surface area (TPSA) is 57.2 Å². The summed E-state index contributed by atoms with van der Waals surface area (Å²) in [5, 5.41) is 2.75. The summed E-state index contributed by atoms with van der Waals surface area (Å²) < 4.78 is 35.3. The quantitative estimate of drug-likeness (QED) is 0.275. The van der Waals surface area contributed by atoms with Crippen molar-refractivity contribution in [1.29, 1.82) is 0 Å². The molecular weight excluding hydrogens is 327 g/mol. The van der Waals surface area contributed by atoms with Gasteiger partial charge in [-0.15, -0.1) is 3.89 Å². The van der Waals surface area contributed by atoms with Gasteiger partial charge < -0.3 is 4.55 Å². The van der Waals surface area contributed by atoms with Gasteiger partial charge in [0.1, 0.15) is 0 Å². The lowest BCUT2D eigenvalue weighted by Gasteiger charge is -2.15. The van der Waals surface area contributed by atoms with Gasteiger partial charge in [-0.3, -0.25) is 0 Å². The normalized spacial score (nSPS) is 12.5. The zero-order valence-corrected chi connectivity index (χ0v) is 13.8. The summed E-state index contributed by atoms with van der Waals surface area (Å²) in [7, 11) is -5.42. The lowest BCUT2D eigenvalue weighted by Crippen LogP contribution is -2.06. The van der Waals surface area contributed by atoms with Crippen LogP contribution in [0.2, 0.25) is 0 Å². The minimum absolute atomic E-state index is 1.04. The molecule has 122 valence electrons. The minimum Gasteiger partial charge on any atom is -0.722 e.